The highest BCUT2D eigenvalue weighted by Crippen LogP contribution is 2.32. The average molecular weight is 266 g/mol. The van der Waals surface area contributed by atoms with Crippen LogP contribution in [0.3, 0.4) is 0 Å². The van der Waals surface area contributed by atoms with Gasteiger partial charge in [-0.25, -0.2) is 0 Å². The van der Waals surface area contributed by atoms with E-state index in [9.17, 15) is 4.79 Å². The van der Waals surface area contributed by atoms with E-state index in [0.717, 1.165) is 24.1 Å². The van der Waals surface area contributed by atoms with E-state index in [2.05, 4.69) is 5.32 Å². The summed E-state index contributed by atoms with van der Waals surface area (Å²) in [5.74, 6) is 0.0749. The highest BCUT2D eigenvalue weighted by molar-refractivity contribution is 5.79. The van der Waals surface area contributed by atoms with Gasteiger partial charge in [0.15, 0.2) is 0 Å². The topological polar surface area (TPSA) is 55.1 Å². The summed E-state index contributed by atoms with van der Waals surface area (Å²) < 4.78 is 0. The second kappa shape index (κ2) is 5.37. The molecule has 0 radical (unpaired) electrons. The molecular formula is C17H18N2O. The van der Waals surface area contributed by atoms with Crippen LogP contribution in [0.4, 0.5) is 5.69 Å². The van der Waals surface area contributed by atoms with Crippen molar-refractivity contribution in [2.75, 3.05) is 5.73 Å². The van der Waals surface area contributed by atoms with Crippen molar-refractivity contribution in [1.29, 1.82) is 0 Å². The number of nitrogens with one attached hydrogen (secondary N) is 1. The van der Waals surface area contributed by atoms with Gasteiger partial charge in [-0.1, -0.05) is 36.4 Å². The van der Waals surface area contributed by atoms with E-state index in [4.69, 9.17) is 5.73 Å². The van der Waals surface area contributed by atoms with E-state index in [1.165, 1.54) is 11.1 Å². The van der Waals surface area contributed by atoms with E-state index in [1.54, 1.807) is 0 Å². The molecule has 102 valence electrons. The molecule has 0 saturated heterocycles. The molecule has 0 saturated carbocycles. The molecule has 1 amide bonds. The first-order valence-corrected chi connectivity index (χ1v) is 6.94. The molecule has 3 rings (SSSR count). The van der Waals surface area contributed by atoms with Crippen molar-refractivity contribution in [1.82, 2.24) is 5.32 Å². The third-order valence-corrected chi connectivity index (χ3v) is 3.79. The smallest absolute Gasteiger partial charge is 0.224 e. The molecule has 1 aliphatic carbocycles. The number of anilines is 1. The fourth-order valence-corrected chi connectivity index (χ4v) is 2.81. The molecule has 20 heavy (non-hydrogen) atoms. The minimum Gasteiger partial charge on any atom is -0.399 e. The van der Waals surface area contributed by atoms with Gasteiger partial charge in [-0.2, -0.15) is 0 Å². The molecule has 0 fully saturated rings. The summed E-state index contributed by atoms with van der Waals surface area (Å²) in [4.78, 5) is 12.1. The van der Waals surface area contributed by atoms with Crippen LogP contribution in [0.5, 0.6) is 0 Å². The first-order chi connectivity index (χ1) is 9.72. The van der Waals surface area contributed by atoms with Crippen LogP contribution in [0.1, 0.15) is 29.2 Å². The Labute approximate surface area is 118 Å². The predicted octanol–water partition coefficient (Wildman–Crippen LogP) is 2.62. The van der Waals surface area contributed by atoms with Gasteiger partial charge in [-0.05, 0) is 41.7 Å². The molecule has 0 bridgehead atoms. The van der Waals surface area contributed by atoms with Crippen LogP contribution >= 0.6 is 0 Å². The molecule has 2 aromatic carbocycles. The van der Waals surface area contributed by atoms with Crippen LogP contribution in [0, 0.1) is 0 Å². The van der Waals surface area contributed by atoms with Gasteiger partial charge >= 0.3 is 0 Å². The van der Waals surface area contributed by atoms with Gasteiger partial charge in [0, 0.05) is 5.69 Å². The van der Waals surface area contributed by atoms with Gasteiger partial charge in [0.25, 0.3) is 0 Å². The van der Waals surface area contributed by atoms with Crippen molar-refractivity contribution >= 4 is 11.6 Å². The Morgan fingerprint density at radius 3 is 2.80 bits per heavy atom. The van der Waals surface area contributed by atoms with Crippen LogP contribution in [0.15, 0.2) is 48.5 Å². The summed E-state index contributed by atoms with van der Waals surface area (Å²) >= 11 is 0. The number of nitrogens with two attached hydrogens (primary N) is 1. The third kappa shape index (κ3) is 2.67. The van der Waals surface area contributed by atoms with Gasteiger partial charge in [0.1, 0.15) is 0 Å². The van der Waals surface area contributed by atoms with Crippen LogP contribution in [0.2, 0.25) is 0 Å². The highest BCUT2D eigenvalue weighted by atomic mass is 16.1. The number of benzene rings is 2. The lowest BCUT2D eigenvalue weighted by Crippen LogP contribution is -2.28. The highest BCUT2D eigenvalue weighted by Gasteiger charge is 2.23. The van der Waals surface area contributed by atoms with Gasteiger partial charge < -0.3 is 11.1 Å². The zero-order valence-corrected chi connectivity index (χ0v) is 11.3. The summed E-state index contributed by atoms with van der Waals surface area (Å²) in [6, 6.07) is 15.9. The monoisotopic (exact) mass is 266 g/mol. The Balaban J connectivity index is 1.67. The molecule has 3 N–H and O–H groups in total. The second-order valence-corrected chi connectivity index (χ2v) is 5.28. The fraction of sp³-hybridized carbons (Fsp3) is 0.235. The number of aryl methyl sites for hydroxylation is 1. The summed E-state index contributed by atoms with van der Waals surface area (Å²) in [5.41, 5.74) is 10.1. The number of carbonyl (C=O) groups is 1. The molecule has 3 nitrogen and oxygen atoms in total. The zero-order chi connectivity index (χ0) is 13.9. The number of amides is 1. The zero-order valence-electron chi connectivity index (χ0n) is 11.3. The third-order valence-electron chi connectivity index (χ3n) is 3.79. The molecule has 0 aliphatic heterocycles. The standard InChI is InChI=1S/C17H18N2O/c18-14-7-8-15-13(11-14)6-9-16(15)19-17(20)10-12-4-2-1-3-5-12/h1-5,7-8,11,16H,6,9-10,18H2,(H,19,20). The number of hydrogen-bond donors (Lipinski definition) is 2. The SMILES string of the molecule is Nc1ccc2c(c1)CCC2NC(=O)Cc1ccccc1. The Morgan fingerprint density at radius 2 is 2.00 bits per heavy atom. The number of carbonyl (C=O) groups excluding carboxylic acids is 1. The van der Waals surface area contributed by atoms with E-state index in [1.807, 2.05) is 48.5 Å². The first-order valence-electron chi connectivity index (χ1n) is 6.94. The number of hydrogen-bond acceptors (Lipinski definition) is 2. The summed E-state index contributed by atoms with van der Waals surface area (Å²) in [6.45, 7) is 0. The number of nitrogen functional groups attached to an aromatic ring is 1. The maximum atomic E-state index is 12.1. The summed E-state index contributed by atoms with van der Waals surface area (Å²) in [7, 11) is 0. The maximum absolute atomic E-state index is 12.1. The Hall–Kier alpha value is -2.29. The van der Waals surface area contributed by atoms with Gasteiger partial charge in [-0.15, -0.1) is 0 Å². The van der Waals surface area contributed by atoms with Crippen LogP contribution in [-0.4, -0.2) is 5.91 Å². The maximum Gasteiger partial charge on any atom is 0.224 e. The van der Waals surface area contributed by atoms with Gasteiger partial charge in [0.2, 0.25) is 5.91 Å². The summed E-state index contributed by atoms with van der Waals surface area (Å²) in [6.07, 6.45) is 2.37. The fourth-order valence-electron chi connectivity index (χ4n) is 2.81. The number of rotatable bonds is 3. The molecule has 0 aromatic heterocycles. The lowest BCUT2D eigenvalue weighted by Gasteiger charge is -2.14. The molecular weight excluding hydrogens is 248 g/mol. The predicted molar refractivity (Wildman–Crippen MR) is 80.2 cm³/mol. The Kier molecular flexibility index (Phi) is 3.42. The first kappa shape index (κ1) is 12.7. The molecule has 0 heterocycles. The van der Waals surface area contributed by atoms with Gasteiger partial charge in [-0.3, -0.25) is 4.79 Å². The van der Waals surface area contributed by atoms with Crippen LogP contribution in [0.25, 0.3) is 0 Å². The van der Waals surface area contributed by atoms with Crippen molar-refractivity contribution in [3.63, 3.8) is 0 Å². The molecule has 0 spiro atoms. The minimum atomic E-state index is 0.0749. The second-order valence-electron chi connectivity index (χ2n) is 5.28. The van der Waals surface area contributed by atoms with Crippen molar-refractivity contribution in [3.05, 3.63) is 65.2 Å². The van der Waals surface area contributed by atoms with Gasteiger partial charge in [0.05, 0.1) is 12.5 Å². The minimum absolute atomic E-state index is 0.0749. The molecule has 2 aromatic rings. The van der Waals surface area contributed by atoms with E-state index in [0.29, 0.717) is 6.42 Å². The normalized spacial score (nSPS) is 16.7. The Bertz CT molecular complexity index is 622. The van der Waals surface area contributed by atoms with Crippen molar-refractivity contribution in [3.8, 4) is 0 Å². The van der Waals surface area contributed by atoms with E-state index in [-0.39, 0.29) is 11.9 Å². The number of fused-ring (bicyclic) bond motifs is 1. The lowest BCUT2D eigenvalue weighted by atomic mass is 10.1. The van der Waals surface area contributed by atoms with Crippen LogP contribution < -0.4 is 11.1 Å². The molecule has 1 atom stereocenters. The summed E-state index contributed by atoms with van der Waals surface area (Å²) in [5, 5.41) is 3.12. The average Bonchev–Trinajstić information content (AvgIpc) is 2.82. The largest absolute Gasteiger partial charge is 0.399 e. The quantitative estimate of drug-likeness (QED) is 0.839. The van der Waals surface area contributed by atoms with Crippen molar-refractivity contribution in [2.24, 2.45) is 0 Å². The van der Waals surface area contributed by atoms with E-state index >= 15 is 0 Å². The van der Waals surface area contributed by atoms with Crippen molar-refractivity contribution in [2.45, 2.75) is 25.3 Å². The van der Waals surface area contributed by atoms with Crippen LogP contribution in [-0.2, 0) is 17.6 Å². The molecule has 3 heteroatoms. The van der Waals surface area contributed by atoms with E-state index < -0.39 is 0 Å². The molecule has 1 aliphatic rings. The lowest BCUT2D eigenvalue weighted by molar-refractivity contribution is -0.121. The molecule has 1 unspecified atom stereocenters. The Morgan fingerprint density at radius 1 is 1.20 bits per heavy atom. The van der Waals surface area contributed by atoms with Crippen molar-refractivity contribution < 1.29 is 4.79 Å².